The van der Waals surface area contributed by atoms with Crippen LogP contribution in [0.4, 0.5) is 10.1 Å². The number of rotatable bonds is 12. The molecule has 7 aromatic rings. The number of phenols is 1. The molecule has 3 aromatic heterocycles. The number of ether oxygens (including phenoxy) is 2. The first-order valence-electron chi connectivity index (χ1n) is 16.5. The van der Waals surface area contributed by atoms with Crippen LogP contribution < -0.4 is 14.8 Å². The van der Waals surface area contributed by atoms with Crippen molar-refractivity contribution in [1.29, 1.82) is 0 Å². The predicted molar refractivity (Wildman–Crippen MR) is 205 cm³/mol. The van der Waals surface area contributed by atoms with Crippen molar-refractivity contribution in [3.8, 4) is 50.2 Å². The standard InChI is InChI=1S/C41H32ClFN4O5S/c1-23-28(15-16-32(48)37(23)42)35-36-30(18-20-45-40(36)53-38(35)24-11-13-26(43)14-12-24)47-31(41(49)50)21-25-7-3-5-9-33(25)52-22-27-17-19-44-39(46-27)29-8-4-6-10-34(29)51-2/h3-20,31,48H,21-22H2,1-2H3,(H,45,47)(H,49,50). The number of fused-ring (bicyclic) bond motifs is 1. The first-order valence-corrected chi connectivity index (χ1v) is 17.7. The Bertz CT molecular complexity index is 2460. The summed E-state index contributed by atoms with van der Waals surface area (Å²) in [5.41, 5.74) is 5.43. The smallest absolute Gasteiger partial charge is 0.326 e. The quantitative estimate of drug-likeness (QED) is 0.112. The normalized spacial score (nSPS) is 11.7. The predicted octanol–water partition coefficient (Wildman–Crippen LogP) is 9.59. The maximum absolute atomic E-state index is 14.0. The van der Waals surface area contributed by atoms with E-state index in [0.29, 0.717) is 50.0 Å². The second kappa shape index (κ2) is 15.3. The van der Waals surface area contributed by atoms with Crippen LogP contribution in [0.2, 0.25) is 5.02 Å². The fourth-order valence-corrected chi connectivity index (χ4v) is 7.51. The zero-order chi connectivity index (χ0) is 37.1. The number of para-hydroxylation sites is 2. The number of aliphatic carboxylic acids is 1. The van der Waals surface area contributed by atoms with Gasteiger partial charge in [0.05, 0.1) is 23.4 Å². The van der Waals surface area contributed by atoms with Crippen LogP contribution in [0, 0.1) is 12.7 Å². The fourth-order valence-electron chi connectivity index (χ4n) is 6.15. The summed E-state index contributed by atoms with van der Waals surface area (Å²) in [6, 6.07) is 26.6. The van der Waals surface area contributed by atoms with Gasteiger partial charge in [-0.25, -0.2) is 24.1 Å². The van der Waals surface area contributed by atoms with Gasteiger partial charge >= 0.3 is 5.97 Å². The maximum Gasteiger partial charge on any atom is 0.326 e. The summed E-state index contributed by atoms with van der Waals surface area (Å²) in [5.74, 6) is 0.164. The third-order valence-corrected chi connectivity index (χ3v) is 10.4. The number of aromatic hydroxyl groups is 1. The molecule has 266 valence electrons. The maximum atomic E-state index is 14.0. The van der Waals surface area contributed by atoms with Gasteiger partial charge in [-0.05, 0) is 77.7 Å². The molecule has 3 N–H and O–H groups in total. The highest BCUT2D eigenvalue weighted by atomic mass is 35.5. The van der Waals surface area contributed by atoms with Crippen molar-refractivity contribution in [1.82, 2.24) is 15.0 Å². The summed E-state index contributed by atoms with van der Waals surface area (Å²) in [6.07, 6.45) is 3.36. The lowest BCUT2D eigenvalue weighted by atomic mass is 9.95. The van der Waals surface area contributed by atoms with Gasteiger partial charge in [-0.2, -0.15) is 0 Å². The highest BCUT2D eigenvalue weighted by Gasteiger charge is 2.26. The van der Waals surface area contributed by atoms with Gasteiger partial charge < -0.3 is 25.0 Å². The largest absolute Gasteiger partial charge is 0.506 e. The van der Waals surface area contributed by atoms with Crippen molar-refractivity contribution in [3.63, 3.8) is 0 Å². The number of hydrogen-bond donors (Lipinski definition) is 3. The number of thiophene rings is 1. The van der Waals surface area contributed by atoms with E-state index in [1.807, 2.05) is 42.5 Å². The number of anilines is 1. The number of hydrogen-bond acceptors (Lipinski definition) is 9. The molecule has 0 amide bonds. The lowest BCUT2D eigenvalue weighted by Crippen LogP contribution is -2.31. The molecule has 0 aliphatic rings. The average Bonchev–Trinajstić information content (AvgIpc) is 3.57. The molecule has 9 nitrogen and oxygen atoms in total. The molecule has 1 atom stereocenters. The number of nitrogens with one attached hydrogen (secondary N) is 1. The number of methoxy groups -OCH3 is 1. The Balaban J connectivity index is 1.21. The highest BCUT2D eigenvalue weighted by molar-refractivity contribution is 7.22. The first kappa shape index (κ1) is 35.4. The van der Waals surface area contributed by atoms with Gasteiger partial charge in [0.15, 0.2) is 5.82 Å². The Morgan fingerprint density at radius 1 is 0.925 bits per heavy atom. The fraction of sp³-hybridized carbons (Fsp3) is 0.122. The van der Waals surface area contributed by atoms with Crippen LogP contribution in [0.3, 0.4) is 0 Å². The van der Waals surface area contributed by atoms with E-state index in [2.05, 4.69) is 20.3 Å². The lowest BCUT2D eigenvalue weighted by Gasteiger charge is -2.19. The van der Waals surface area contributed by atoms with Gasteiger partial charge in [0.25, 0.3) is 0 Å². The van der Waals surface area contributed by atoms with Crippen LogP contribution in [-0.2, 0) is 17.8 Å². The minimum Gasteiger partial charge on any atom is -0.506 e. The lowest BCUT2D eigenvalue weighted by molar-refractivity contribution is -0.137. The molecule has 0 spiro atoms. The summed E-state index contributed by atoms with van der Waals surface area (Å²) in [7, 11) is 1.59. The number of carbonyl (C=O) groups is 1. The van der Waals surface area contributed by atoms with Crippen molar-refractivity contribution < 1.29 is 28.9 Å². The molecule has 0 saturated heterocycles. The second-order valence-corrected chi connectivity index (χ2v) is 13.5. The summed E-state index contributed by atoms with van der Waals surface area (Å²) < 4.78 is 25.7. The average molecular weight is 747 g/mol. The number of pyridine rings is 1. The van der Waals surface area contributed by atoms with Gasteiger partial charge in [0, 0.05) is 40.3 Å². The van der Waals surface area contributed by atoms with E-state index in [-0.39, 0.29) is 29.6 Å². The van der Waals surface area contributed by atoms with Crippen molar-refractivity contribution >= 4 is 44.8 Å². The zero-order valence-corrected chi connectivity index (χ0v) is 30.1. The van der Waals surface area contributed by atoms with Crippen LogP contribution in [0.5, 0.6) is 17.2 Å². The van der Waals surface area contributed by atoms with Crippen molar-refractivity contribution in [3.05, 3.63) is 137 Å². The van der Waals surface area contributed by atoms with Gasteiger partial charge in [-0.3, -0.25) is 0 Å². The van der Waals surface area contributed by atoms with Crippen LogP contribution in [0.25, 0.3) is 43.2 Å². The van der Waals surface area contributed by atoms with Gasteiger partial charge in [-0.1, -0.05) is 60.1 Å². The van der Waals surface area contributed by atoms with E-state index in [4.69, 9.17) is 21.1 Å². The molecule has 53 heavy (non-hydrogen) atoms. The molecule has 1 unspecified atom stereocenters. The van der Waals surface area contributed by atoms with Crippen LogP contribution in [-0.4, -0.2) is 44.3 Å². The Morgan fingerprint density at radius 2 is 1.66 bits per heavy atom. The number of carboxylic acid groups (broad SMARTS) is 1. The van der Waals surface area contributed by atoms with Crippen molar-refractivity contribution in [2.75, 3.05) is 12.4 Å². The van der Waals surface area contributed by atoms with E-state index >= 15 is 0 Å². The number of phenolic OH excluding ortho intramolecular Hbond substituents is 1. The van der Waals surface area contributed by atoms with E-state index in [1.165, 1.54) is 29.5 Å². The molecule has 0 radical (unpaired) electrons. The Morgan fingerprint density at radius 3 is 2.43 bits per heavy atom. The number of halogens is 2. The third-order valence-electron chi connectivity index (χ3n) is 8.79. The Labute approximate surface area is 313 Å². The van der Waals surface area contributed by atoms with Gasteiger partial charge in [0.1, 0.15) is 40.5 Å². The Hall–Kier alpha value is -6.04. The topological polar surface area (TPSA) is 127 Å². The van der Waals surface area contributed by atoms with Gasteiger partial charge in [-0.15, -0.1) is 11.3 Å². The van der Waals surface area contributed by atoms with Crippen molar-refractivity contribution in [2.45, 2.75) is 26.0 Å². The molecule has 0 bridgehead atoms. The number of carboxylic acids is 1. The monoisotopic (exact) mass is 746 g/mol. The second-order valence-electron chi connectivity index (χ2n) is 12.1. The minimum atomic E-state index is -1.08. The first-order chi connectivity index (χ1) is 25.7. The third kappa shape index (κ3) is 7.35. The zero-order valence-electron chi connectivity index (χ0n) is 28.5. The highest BCUT2D eigenvalue weighted by Crippen LogP contribution is 2.49. The summed E-state index contributed by atoms with van der Waals surface area (Å²) >= 11 is 7.92. The summed E-state index contributed by atoms with van der Waals surface area (Å²) in [6.45, 7) is 1.92. The molecule has 4 aromatic carbocycles. The molecule has 0 fully saturated rings. The van der Waals surface area contributed by atoms with Crippen LogP contribution >= 0.6 is 22.9 Å². The van der Waals surface area contributed by atoms with Crippen LogP contribution in [0.15, 0.2) is 109 Å². The SMILES string of the molecule is COc1ccccc1-c1nccc(COc2ccccc2CC(Nc2ccnc3sc(-c4ccc(F)cc4)c(-c4ccc(O)c(Cl)c4C)c23)C(=O)O)n1. The molecule has 0 aliphatic carbocycles. The molecular formula is C41H32ClFN4O5S. The van der Waals surface area contributed by atoms with E-state index in [1.54, 1.807) is 62.8 Å². The molecule has 7 rings (SSSR count). The molecule has 0 saturated carbocycles. The van der Waals surface area contributed by atoms with Gasteiger partial charge in [0.2, 0.25) is 0 Å². The van der Waals surface area contributed by atoms with E-state index in [9.17, 15) is 19.4 Å². The molecule has 3 heterocycles. The number of nitrogens with zero attached hydrogens (tertiary/aromatic N) is 3. The molecule has 12 heteroatoms. The number of benzene rings is 4. The molecular weight excluding hydrogens is 715 g/mol. The summed E-state index contributed by atoms with van der Waals surface area (Å²) in [4.78, 5) is 28.0. The Kier molecular flexibility index (Phi) is 10.2. The van der Waals surface area contributed by atoms with Crippen molar-refractivity contribution in [2.24, 2.45) is 0 Å². The van der Waals surface area contributed by atoms with E-state index < -0.39 is 12.0 Å². The minimum absolute atomic E-state index is 0.0596. The van der Waals surface area contributed by atoms with Crippen LogP contribution in [0.1, 0.15) is 16.8 Å². The number of aromatic nitrogens is 3. The van der Waals surface area contributed by atoms with E-state index in [0.717, 1.165) is 27.1 Å². The summed E-state index contributed by atoms with van der Waals surface area (Å²) in [5, 5.41) is 25.0. The molecule has 0 aliphatic heterocycles.